The van der Waals surface area contributed by atoms with E-state index in [-0.39, 0.29) is 55.1 Å². The van der Waals surface area contributed by atoms with Crippen molar-refractivity contribution in [3.8, 4) is 0 Å². The first-order valence-corrected chi connectivity index (χ1v) is 14.2. The quantitative estimate of drug-likeness (QED) is 0.290. The average molecular weight is 531 g/mol. The Bertz CT molecular complexity index is 889. The van der Waals surface area contributed by atoms with Crippen molar-refractivity contribution in [1.82, 2.24) is 0 Å². The molecule has 4 bridgehead atoms. The molecule has 0 saturated carbocycles. The van der Waals surface area contributed by atoms with Crippen LogP contribution in [-0.2, 0) is 28.5 Å². The van der Waals surface area contributed by atoms with Crippen molar-refractivity contribution in [2.45, 2.75) is 115 Å². The van der Waals surface area contributed by atoms with Crippen molar-refractivity contribution >= 4 is 11.9 Å². The summed E-state index contributed by atoms with van der Waals surface area (Å²) >= 11 is 0. The predicted molar refractivity (Wildman–Crippen MR) is 146 cm³/mol. The minimum Gasteiger partial charge on any atom is -0.469 e. The lowest BCUT2D eigenvalue weighted by Gasteiger charge is -2.37. The Hall–Kier alpha value is -2.22. The van der Waals surface area contributed by atoms with Crippen LogP contribution >= 0.6 is 0 Å². The summed E-state index contributed by atoms with van der Waals surface area (Å²) in [5.41, 5.74) is 0.893. The predicted octanol–water partition coefficient (Wildman–Crippen LogP) is 5.38. The molecule has 7 unspecified atom stereocenters. The molecule has 7 nitrogen and oxygen atoms in total. The van der Waals surface area contributed by atoms with Gasteiger partial charge in [0.15, 0.2) is 0 Å². The Morgan fingerprint density at radius 3 is 2.47 bits per heavy atom. The van der Waals surface area contributed by atoms with E-state index >= 15 is 0 Å². The van der Waals surface area contributed by atoms with Gasteiger partial charge in [-0.05, 0) is 57.4 Å². The summed E-state index contributed by atoms with van der Waals surface area (Å²) in [7, 11) is 1.38. The summed E-state index contributed by atoms with van der Waals surface area (Å²) in [6, 6.07) is 0. The van der Waals surface area contributed by atoms with Gasteiger partial charge in [-0.1, -0.05) is 55.9 Å². The minimum absolute atomic E-state index is 0.0267. The van der Waals surface area contributed by atoms with Gasteiger partial charge in [0.05, 0.1) is 50.5 Å². The van der Waals surface area contributed by atoms with E-state index in [1.54, 1.807) is 0 Å². The summed E-state index contributed by atoms with van der Waals surface area (Å²) < 4.78 is 23.3. The monoisotopic (exact) mass is 530 g/mol. The number of hydrogen-bond donors (Lipinski definition) is 1. The number of fused-ring (bicyclic) bond motifs is 4. The van der Waals surface area contributed by atoms with Gasteiger partial charge in [0.2, 0.25) is 0 Å². The van der Waals surface area contributed by atoms with Crippen LogP contribution in [0.3, 0.4) is 0 Å². The van der Waals surface area contributed by atoms with E-state index in [2.05, 4.69) is 19.1 Å². The van der Waals surface area contributed by atoms with E-state index in [1.807, 2.05) is 44.2 Å². The van der Waals surface area contributed by atoms with Gasteiger partial charge in [-0.15, -0.1) is 0 Å². The molecule has 0 aromatic heterocycles. The van der Waals surface area contributed by atoms with E-state index in [0.717, 1.165) is 37.7 Å². The van der Waals surface area contributed by atoms with E-state index < -0.39 is 12.2 Å². The molecule has 7 heteroatoms. The van der Waals surface area contributed by atoms with Gasteiger partial charge in [0, 0.05) is 12.3 Å². The lowest BCUT2D eigenvalue weighted by molar-refractivity contribution is -0.161. The molecular weight excluding hydrogens is 484 g/mol. The second-order valence-electron chi connectivity index (χ2n) is 11.2. The van der Waals surface area contributed by atoms with Gasteiger partial charge in [-0.25, -0.2) is 0 Å². The van der Waals surface area contributed by atoms with Crippen molar-refractivity contribution in [2.75, 3.05) is 7.11 Å². The van der Waals surface area contributed by atoms with Gasteiger partial charge in [0.1, 0.15) is 6.10 Å². The zero-order valence-corrected chi connectivity index (χ0v) is 23.4. The molecule has 0 radical (unpaired) electrons. The second-order valence-corrected chi connectivity index (χ2v) is 11.2. The summed E-state index contributed by atoms with van der Waals surface area (Å²) in [5, 5.41) is 10.5. The molecule has 0 amide bonds. The minimum atomic E-state index is -0.483. The number of methoxy groups -OCH3 is 1. The van der Waals surface area contributed by atoms with Crippen LogP contribution in [0.4, 0.5) is 0 Å². The molecule has 3 rings (SSSR count). The summed E-state index contributed by atoms with van der Waals surface area (Å²) in [6.07, 6.45) is 18.9. The highest BCUT2D eigenvalue weighted by atomic mass is 16.6. The van der Waals surface area contributed by atoms with Gasteiger partial charge in [-0.3, -0.25) is 9.59 Å². The number of carbonyl (C=O) groups excluding carboxylic acids is 2. The SMILES string of the molecule is COC(=O)C/C(C)=C/C=C\C=C\C1OC(=O)CC2CC(O)CC(CC3CCCC(C[C@@H](C)/C=C/C1C)O3)O2. The topological polar surface area (TPSA) is 91.3 Å². The molecule has 1 N–H and O–H groups in total. The zero-order valence-electron chi connectivity index (χ0n) is 23.4. The van der Waals surface area contributed by atoms with E-state index in [9.17, 15) is 14.7 Å². The Balaban J connectivity index is 1.73. The fourth-order valence-corrected chi connectivity index (χ4v) is 5.48. The van der Waals surface area contributed by atoms with Gasteiger partial charge < -0.3 is 24.1 Å². The normalized spacial score (nSPS) is 36.7. The Morgan fingerprint density at radius 2 is 1.71 bits per heavy atom. The molecule has 3 aliphatic rings. The molecule has 0 aromatic rings. The van der Waals surface area contributed by atoms with E-state index in [4.69, 9.17) is 18.9 Å². The number of ether oxygens (including phenoxy) is 4. The van der Waals surface area contributed by atoms with Crippen LogP contribution in [0.25, 0.3) is 0 Å². The molecule has 8 atom stereocenters. The largest absolute Gasteiger partial charge is 0.469 e. The molecule has 2 fully saturated rings. The molecule has 2 saturated heterocycles. The summed E-state index contributed by atoms with van der Waals surface area (Å²) in [4.78, 5) is 24.3. The molecule has 0 spiro atoms. The van der Waals surface area contributed by atoms with Crippen LogP contribution in [0.5, 0.6) is 0 Å². The maximum atomic E-state index is 12.9. The Kier molecular flexibility index (Phi) is 12.3. The van der Waals surface area contributed by atoms with E-state index in [1.165, 1.54) is 7.11 Å². The van der Waals surface area contributed by atoms with Gasteiger partial charge >= 0.3 is 11.9 Å². The van der Waals surface area contributed by atoms with Crippen LogP contribution < -0.4 is 0 Å². The highest BCUT2D eigenvalue weighted by molar-refractivity contribution is 5.72. The maximum absolute atomic E-state index is 12.9. The lowest BCUT2D eigenvalue weighted by Crippen LogP contribution is -2.40. The van der Waals surface area contributed by atoms with Crippen LogP contribution in [0.2, 0.25) is 0 Å². The second kappa shape index (κ2) is 15.4. The molecule has 212 valence electrons. The first-order chi connectivity index (χ1) is 18.2. The Labute approximate surface area is 227 Å². The summed E-state index contributed by atoms with van der Waals surface area (Å²) in [6.45, 7) is 6.12. The standard InChI is InChI=1S/C31H46O7/c1-21(16-30(33)35-4)9-6-5-7-12-29-23(3)14-13-22(2)15-25-10-8-11-26(36-25)19-27-17-24(32)18-28(37-27)20-31(34)38-29/h5-7,9,12-14,22-29,32H,8,10-11,15-20H2,1-4H3/b6-5-,12-7+,14-13+,21-9+/t22-,23?,24?,25?,26?,27?,28?,29?/m0/s1. The number of hydrogen-bond acceptors (Lipinski definition) is 7. The Morgan fingerprint density at radius 1 is 1.00 bits per heavy atom. The van der Waals surface area contributed by atoms with Crippen molar-refractivity contribution < 1.29 is 33.6 Å². The molecule has 0 aliphatic carbocycles. The number of aliphatic hydroxyl groups is 1. The molecule has 38 heavy (non-hydrogen) atoms. The highest BCUT2D eigenvalue weighted by Crippen LogP contribution is 2.31. The number of carbonyl (C=O) groups is 2. The van der Waals surface area contributed by atoms with E-state index in [0.29, 0.717) is 18.8 Å². The van der Waals surface area contributed by atoms with Crippen molar-refractivity contribution in [2.24, 2.45) is 11.8 Å². The van der Waals surface area contributed by atoms with Crippen molar-refractivity contribution in [3.63, 3.8) is 0 Å². The van der Waals surface area contributed by atoms with Crippen LogP contribution in [-0.4, -0.2) is 60.8 Å². The number of esters is 2. The van der Waals surface area contributed by atoms with Crippen molar-refractivity contribution in [1.29, 1.82) is 0 Å². The average Bonchev–Trinajstić information content (AvgIpc) is 2.85. The number of cyclic esters (lactones) is 1. The number of allylic oxidation sites excluding steroid dienone is 5. The molecule has 0 aromatic carbocycles. The van der Waals surface area contributed by atoms with Gasteiger partial charge in [-0.2, -0.15) is 0 Å². The first kappa shape index (κ1) is 30.3. The van der Waals surface area contributed by atoms with Gasteiger partial charge in [0.25, 0.3) is 0 Å². The molecule has 3 heterocycles. The maximum Gasteiger partial charge on any atom is 0.309 e. The fraction of sp³-hybridized carbons (Fsp3) is 0.677. The zero-order chi connectivity index (χ0) is 27.5. The molecule has 3 aliphatic heterocycles. The first-order valence-electron chi connectivity index (χ1n) is 14.2. The van der Waals surface area contributed by atoms with Crippen LogP contribution in [0.15, 0.2) is 48.1 Å². The van der Waals surface area contributed by atoms with Crippen molar-refractivity contribution in [3.05, 3.63) is 48.1 Å². The highest BCUT2D eigenvalue weighted by Gasteiger charge is 2.34. The third kappa shape index (κ3) is 10.5. The third-order valence-corrected chi connectivity index (χ3v) is 7.53. The summed E-state index contributed by atoms with van der Waals surface area (Å²) in [5.74, 6) is -0.286. The molecular formula is C31H46O7. The van der Waals surface area contributed by atoms with Crippen LogP contribution in [0.1, 0.15) is 78.6 Å². The lowest BCUT2D eigenvalue weighted by atomic mass is 9.90. The third-order valence-electron chi connectivity index (χ3n) is 7.53. The fourth-order valence-electron chi connectivity index (χ4n) is 5.48. The number of aliphatic hydroxyl groups excluding tert-OH is 1. The smallest absolute Gasteiger partial charge is 0.309 e. The number of rotatable bonds is 5. The van der Waals surface area contributed by atoms with Crippen LogP contribution in [0, 0.1) is 11.8 Å².